The maximum Gasteiger partial charge on any atom is 0.0831 e. The van der Waals surface area contributed by atoms with Crippen LogP contribution < -0.4 is 5.32 Å². The van der Waals surface area contributed by atoms with Crippen LogP contribution in [0.5, 0.6) is 0 Å². The molecule has 1 N–H and O–H groups in total. The fraction of sp³-hybridized carbons (Fsp3) is 0.700. The number of aromatic nitrogens is 2. The highest BCUT2D eigenvalue weighted by Gasteiger charge is 2.31. The first kappa shape index (κ1) is 11.2. The Morgan fingerprint density at radius 2 is 2.21 bits per heavy atom. The highest BCUT2D eigenvalue weighted by molar-refractivity contribution is 5.11. The van der Waals surface area contributed by atoms with Gasteiger partial charge in [0.2, 0.25) is 0 Å². The van der Waals surface area contributed by atoms with E-state index in [9.17, 15) is 0 Å². The number of rotatable bonds is 4. The second-order valence-corrected chi connectivity index (χ2v) is 3.91. The number of ether oxygens (including phenoxy) is 1. The third-order valence-electron chi connectivity index (χ3n) is 2.66. The van der Waals surface area contributed by atoms with Gasteiger partial charge in [-0.3, -0.25) is 4.68 Å². The first-order valence-electron chi connectivity index (χ1n) is 4.73. The molecule has 0 aliphatic carbocycles. The molecule has 4 heteroatoms. The van der Waals surface area contributed by atoms with Crippen molar-refractivity contribution in [2.24, 2.45) is 7.05 Å². The highest BCUT2D eigenvalue weighted by Crippen LogP contribution is 2.27. The molecule has 0 amide bonds. The van der Waals surface area contributed by atoms with E-state index in [-0.39, 0.29) is 11.6 Å². The monoisotopic (exact) mass is 197 g/mol. The van der Waals surface area contributed by atoms with Crippen molar-refractivity contribution >= 4 is 0 Å². The maximum absolute atomic E-state index is 5.47. The number of nitrogens with zero attached hydrogens (tertiary/aromatic N) is 2. The summed E-state index contributed by atoms with van der Waals surface area (Å²) in [5.41, 5.74) is 0.877. The zero-order chi connectivity index (χ0) is 10.8. The zero-order valence-electron chi connectivity index (χ0n) is 9.53. The fourth-order valence-electron chi connectivity index (χ4n) is 1.64. The number of hydrogen-bond donors (Lipinski definition) is 1. The largest absolute Gasteiger partial charge is 0.377 e. The molecule has 1 aromatic rings. The summed E-state index contributed by atoms with van der Waals surface area (Å²) in [6.07, 6.45) is 1.80. The van der Waals surface area contributed by atoms with Crippen molar-refractivity contribution in [3.63, 3.8) is 0 Å². The van der Waals surface area contributed by atoms with Crippen LogP contribution in [-0.2, 0) is 11.8 Å². The molecule has 14 heavy (non-hydrogen) atoms. The van der Waals surface area contributed by atoms with E-state index in [1.807, 2.05) is 24.8 Å². The predicted molar refractivity (Wildman–Crippen MR) is 56.1 cm³/mol. The minimum atomic E-state index is -0.247. The van der Waals surface area contributed by atoms with E-state index < -0.39 is 0 Å². The van der Waals surface area contributed by atoms with Gasteiger partial charge in [0.25, 0.3) is 0 Å². The summed E-state index contributed by atoms with van der Waals surface area (Å²) < 4.78 is 7.33. The Kier molecular flexibility index (Phi) is 3.29. The van der Waals surface area contributed by atoms with Crippen LogP contribution in [0.15, 0.2) is 12.3 Å². The average molecular weight is 197 g/mol. The normalized spacial score (nSPS) is 14.4. The Morgan fingerprint density at radius 1 is 1.57 bits per heavy atom. The fourth-order valence-corrected chi connectivity index (χ4v) is 1.64. The van der Waals surface area contributed by atoms with Crippen molar-refractivity contribution in [2.75, 3.05) is 14.2 Å². The molecule has 0 aromatic carbocycles. The van der Waals surface area contributed by atoms with Crippen LogP contribution in [0.1, 0.15) is 25.6 Å². The van der Waals surface area contributed by atoms with Gasteiger partial charge in [-0.1, -0.05) is 0 Å². The van der Waals surface area contributed by atoms with Gasteiger partial charge in [0, 0.05) is 20.4 Å². The van der Waals surface area contributed by atoms with Crippen molar-refractivity contribution < 1.29 is 4.74 Å². The molecule has 0 bridgehead atoms. The van der Waals surface area contributed by atoms with Crippen LogP contribution in [0.3, 0.4) is 0 Å². The lowest BCUT2D eigenvalue weighted by molar-refractivity contribution is -0.0111. The number of hydrogen-bond acceptors (Lipinski definition) is 3. The van der Waals surface area contributed by atoms with E-state index >= 15 is 0 Å². The third-order valence-corrected chi connectivity index (χ3v) is 2.66. The van der Waals surface area contributed by atoms with Crippen molar-refractivity contribution in [2.45, 2.75) is 25.5 Å². The summed E-state index contributed by atoms with van der Waals surface area (Å²) in [6.45, 7) is 4.11. The molecule has 1 unspecified atom stereocenters. The van der Waals surface area contributed by atoms with Crippen molar-refractivity contribution in [1.82, 2.24) is 15.1 Å². The molecule has 0 spiro atoms. The Hall–Kier alpha value is -0.870. The second-order valence-electron chi connectivity index (χ2n) is 3.91. The summed E-state index contributed by atoms with van der Waals surface area (Å²) in [5.74, 6) is 0. The molecule has 1 aromatic heterocycles. The van der Waals surface area contributed by atoms with Gasteiger partial charge in [0.15, 0.2) is 0 Å². The van der Waals surface area contributed by atoms with E-state index in [1.54, 1.807) is 13.3 Å². The van der Waals surface area contributed by atoms with Gasteiger partial charge in [0.05, 0.1) is 17.3 Å². The standard InChI is InChI=1S/C10H19N3O/c1-10(2,14-5)9(11-3)8-6-7-12-13(8)4/h6-7,9,11H,1-5H3. The summed E-state index contributed by atoms with van der Waals surface area (Å²) in [6, 6.07) is 2.14. The third kappa shape index (κ3) is 1.96. The molecular weight excluding hydrogens is 178 g/mol. The number of aryl methyl sites for hydroxylation is 1. The lowest BCUT2D eigenvalue weighted by Gasteiger charge is -2.32. The molecule has 1 heterocycles. The minimum Gasteiger partial charge on any atom is -0.377 e. The molecule has 0 saturated heterocycles. The van der Waals surface area contributed by atoms with Crippen molar-refractivity contribution in [3.8, 4) is 0 Å². The van der Waals surface area contributed by atoms with Gasteiger partial charge in [-0.15, -0.1) is 0 Å². The van der Waals surface area contributed by atoms with Gasteiger partial charge in [-0.05, 0) is 27.0 Å². The molecule has 0 radical (unpaired) electrons. The van der Waals surface area contributed by atoms with E-state index in [4.69, 9.17) is 4.74 Å². The molecule has 4 nitrogen and oxygen atoms in total. The zero-order valence-corrected chi connectivity index (χ0v) is 9.53. The quantitative estimate of drug-likeness (QED) is 0.785. The predicted octanol–water partition coefficient (Wildman–Crippen LogP) is 1.11. The van der Waals surface area contributed by atoms with Crippen LogP contribution in [0.2, 0.25) is 0 Å². The van der Waals surface area contributed by atoms with Gasteiger partial charge < -0.3 is 10.1 Å². The van der Waals surface area contributed by atoms with Crippen LogP contribution in [0.4, 0.5) is 0 Å². The Bertz CT molecular complexity index is 293. The highest BCUT2D eigenvalue weighted by atomic mass is 16.5. The van der Waals surface area contributed by atoms with Gasteiger partial charge >= 0.3 is 0 Å². The lowest BCUT2D eigenvalue weighted by Crippen LogP contribution is -2.40. The van der Waals surface area contributed by atoms with Gasteiger partial charge in [-0.2, -0.15) is 5.10 Å². The molecule has 1 rings (SSSR count). The summed E-state index contributed by atoms with van der Waals surface area (Å²) in [7, 11) is 5.59. The van der Waals surface area contributed by atoms with Gasteiger partial charge in [0.1, 0.15) is 0 Å². The molecule has 0 saturated carbocycles. The summed E-state index contributed by atoms with van der Waals surface area (Å²) in [4.78, 5) is 0. The van der Waals surface area contributed by atoms with Crippen LogP contribution >= 0.6 is 0 Å². The topological polar surface area (TPSA) is 39.1 Å². The van der Waals surface area contributed by atoms with Crippen molar-refractivity contribution in [3.05, 3.63) is 18.0 Å². The summed E-state index contributed by atoms with van der Waals surface area (Å²) >= 11 is 0. The molecule has 80 valence electrons. The minimum absolute atomic E-state index is 0.139. The van der Waals surface area contributed by atoms with Crippen LogP contribution in [0.25, 0.3) is 0 Å². The van der Waals surface area contributed by atoms with Crippen LogP contribution in [0, 0.1) is 0 Å². The van der Waals surface area contributed by atoms with Gasteiger partial charge in [-0.25, -0.2) is 0 Å². The molecular formula is C10H19N3O. The smallest absolute Gasteiger partial charge is 0.0831 e. The SMILES string of the molecule is CNC(c1ccnn1C)C(C)(C)OC. The van der Waals surface area contributed by atoms with E-state index in [0.717, 1.165) is 5.69 Å². The molecule has 0 aliphatic heterocycles. The Labute approximate surface area is 85.3 Å². The van der Waals surface area contributed by atoms with E-state index in [1.165, 1.54) is 0 Å². The average Bonchev–Trinajstić information content (AvgIpc) is 2.53. The number of likely N-dealkylation sites (N-methyl/N-ethyl adjacent to an activating group) is 1. The molecule has 0 aliphatic rings. The van der Waals surface area contributed by atoms with Crippen molar-refractivity contribution in [1.29, 1.82) is 0 Å². The Morgan fingerprint density at radius 3 is 2.57 bits per heavy atom. The maximum atomic E-state index is 5.47. The van der Waals surface area contributed by atoms with E-state index in [2.05, 4.69) is 24.3 Å². The summed E-state index contributed by atoms with van der Waals surface area (Å²) in [5, 5.41) is 7.41. The lowest BCUT2D eigenvalue weighted by atomic mass is 9.95. The second kappa shape index (κ2) is 4.11. The number of nitrogens with one attached hydrogen (secondary N) is 1. The first-order chi connectivity index (χ1) is 6.53. The van der Waals surface area contributed by atoms with Crippen LogP contribution in [-0.4, -0.2) is 29.5 Å². The molecule has 0 fully saturated rings. The first-order valence-corrected chi connectivity index (χ1v) is 4.73. The van der Waals surface area contributed by atoms with E-state index in [0.29, 0.717) is 0 Å². The molecule has 1 atom stereocenters. The Balaban J connectivity index is 2.99. The number of methoxy groups -OCH3 is 1.